The number of aryl methyl sites for hydroxylation is 1. The second kappa shape index (κ2) is 9.55. The van der Waals surface area contributed by atoms with Crippen molar-refractivity contribution in [2.24, 2.45) is 4.99 Å². The summed E-state index contributed by atoms with van der Waals surface area (Å²) in [5.74, 6) is -0.471. The number of aliphatic imine (C=N–C) groups is 1. The molecule has 0 radical (unpaired) electrons. The number of carbonyl (C=O) groups is 1. The van der Waals surface area contributed by atoms with Gasteiger partial charge < -0.3 is 9.84 Å². The first-order valence-electron chi connectivity index (χ1n) is 10.2. The topological polar surface area (TPSA) is 58.9 Å². The second-order valence-corrected chi connectivity index (χ2v) is 7.61. The number of aromatic carboxylic acids is 1. The number of allylic oxidation sites excluding steroid dienone is 2. The van der Waals surface area contributed by atoms with Crippen molar-refractivity contribution in [2.75, 3.05) is 7.11 Å². The molecule has 0 bridgehead atoms. The van der Waals surface area contributed by atoms with Crippen LogP contribution in [0.3, 0.4) is 0 Å². The predicted octanol–water partition coefficient (Wildman–Crippen LogP) is 5.87. The summed E-state index contributed by atoms with van der Waals surface area (Å²) in [6.07, 6.45) is 9.45. The molecule has 2 aromatic carbocycles. The third-order valence-electron chi connectivity index (χ3n) is 5.70. The van der Waals surface area contributed by atoms with Crippen LogP contribution in [0.15, 0.2) is 53.2 Å². The Morgan fingerprint density at radius 3 is 2.72 bits per heavy atom. The number of methoxy groups -OCH3 is 1. The lowest BCUT2D eigenvalue weighted by atomic mass is 9.84. The van der Waals surface area contributed by atoms with E-state index in [2.05, 4.69) is 38.1 Å². The standard InChI is InChI=1S/C25H29NO3/c1-17-9-8-10-20(18(17)2)22(23-11-6-4-5-7-14-26-23)15-19-12-13-21(25(27)28)24(16-19)29-3/h8-14,16,22H,4-7,15H2,1-3H3,(H,27,28)/b23-11-,26-14?. The van der Waals surface area contributed by atoms with Gasteiger partial charge in [0.05, 0.1) is 7.11 Å². The number of nitrogens with zero attached hydrogens (tertiary/aromatic N) is 1. The van der Waals surface area contributed by atoms with Crippen LogP contribution in [0.4, 0.5) is 0 Å². The highest BCUT2D eigenvalue weighted by atomic mass is 16.5. The summed E-state index contributed by atoms with van der Waals surface area (Å²) in [4.78, 5) is 16.3. The molecule has 0 fully saturated rings. The molecule has 0 spiro atoms. The van der Waals surface area contributed by atoms with Gasteiger partial charge in [-0.1, -0.05) is 30.3 Å². The van der Waals surface area contributed by atoms with Crippen molar-refractivity contribution in [3.05, 3.63) is 76.0 Å². The molecule has 1 N–H and O–H groups in total. The minimum absolute atomic E-state index is 0.115. The zero-order valence-electron chi connectivity index (χ0n) is 17.4. The van der Waals surface area contributed by atoms with Gasteiger partial charge in [0.15, 0.2) is 0 Å². The molecule has 0 aromatic heterocycles. The van der Waals surface area contributed by atoms with E-state index in [1.807, 2.05) is 18.3 Å². The average molecular weight is 392 g/mol. The number of ether oxygens (including phenoxy) is 1. The van der Waals surface area contributed by atoms with Gasteiger partial charge in [-0.2, -0.15) is 0 Å². The fraction of sp³-hybridized carbons (Fsp3) is 0.360. The molecule has 3 rings (SSSR count). The van der Waals surface area contributed by atoms with E-state index in [-0.39, 0.29) is 11.5 Å². The Bertz CT molecular complexity index is 943. The van der Waals surface area contributed by atoms with Gasteiger partial charge in [-0.25, -0.2) is 4.79 Å². The van der Waals surface area contributed by atoms with Crippen molar-refractivity contribution in [2.45, 2.75) is 51.9 Å². The van der Waals surface area contributed by atoms with Crippen LogP contribution in [0.25, 0.3) is 0 Å². The number of hydrogen-bond acceptors (Lipinski definition) is 3. The van der Waals surface area contributed by atoms with Crippen molar-refractivity contribution < 1.29 is 14.6 Å². The lowest BCUT2D eigenvalue weighted by Crippen LogP contribution is -2.10. The number of carboxylic acids is 1. The van der Waals surface area contributed by atoms with Crippen molar-refractivity contribution in [3.8, 4) is 5.75 Å². The van der Waals surface area contributed by atoms with E-state index in [0.717, 1.165) is 30.5 Å². The quantitative estimate of drug-likeness (QED) is 0.670. The zero-order chi connectivity index (χ0) is 20.8. The SMILES string of the molecule is COc1cc(CC(/C2=C/CCCCC=N2)c2cccc(C)c2C)ccc1C(=O)O. The molecule has 152 valence electrons. The molecule has 1 atom stereocenters. The van der Waals surface area contributed by atoms with Crippen LogP contribution >= 0.6 is 0 Å². The first-order valence-corrected chi connectivity index (χ1v) is 10.2. The minimum Gasteiger partial charge on any atom is -0.496 e. The van der Waals surface area contributed by atoms with Crippen molar-refractivity contribution >= 4 is 12.2 Å². The highest BCUT2D eigenvalue weighted by Gasteiger charge is 2.21. The Morgan fingerprint density at radius 2 is 1.97 bits per heavy atom. The first-order chi connectivity index (χ1) is 14.0. The monoisotopic (exact) mass is 391 g/mol. The van der Waals surface area contributed by atoms with Gasteiger partial charge >= 0.3 is 5.97 Å². The smallest absolute Gasteiger partial charge is 0.339 e. The van der Waals surface area contributed by atoms with Crippen molar-refractivity contribution in [1.82, 2.24) is 0 Å². The average Bonchev–Trinajstić information content (AvgIpc) is 2.68. The van der Waals surface area contributed by atoms with Gasteiger partial charge in [0.2, 0.25) is 0 Å². The molecule has 0 saturated carbocycles. The molecule has 1 aliphatic rings. The summed E-state index contributed by atoms with van der Waals surface area (Å²) in [6, 6.07) is 11.8. The van der Waals surface area contributed by atoms with E-state index in [0.29, 0.717) is 5.75 Å². The fourth-order valence-electron chi connectivity index (χ4n) is 3.88. The highest BCUT2D eigenvalue weighted by molar-refractivity contribution is 5.91. The van der Waals surface area contributed by atoms with Crippen LogP contribution in [-0.4, -0.2) is 24.4 Å². The summed E-state index contributed by atoms with van der Waals surface area (Å²) in [5.41, 5.74) is 6.14. The zero-order valence-corrected chi connectivity index (χ0v) is 17.4. The molecular formula is C25H29NO3. The molecule has 1 unspecified atom stereocenters. The molecule has 0 amide bonds. The van der Waals surface area contributed by atoms with Crippen LogP contribution in [0, 0.1) is 13.8 Å². The molecule has 4 heteroatoms. The first kappa shape index (κ1) is 20.8. The van der Waals surface area contributed by atoms with E-state index in [4.69, 9.17) is 9.73 Å². The van der Waals surface area contributed by atoms with Crippen molar-refractivity contribution in [1.29, 1.82) is 0 Å². The van der Waals surface area contributed by atoms with E-state index in [1.54, 1.807) is 6.07 Å². The third kappa shape index (κ3) is 4.94. The van der Waals surface area contributed by atoms with Gasteiger partial charge in [0.25, 0.3) is 0 Å². The Kier molecular flexibility index (Phi) is 6.86. The molecule has 1 aliphatic heterocycles. The molecule has 29 heavy (non-hydrogen) atoms. The summed E-state index contributed by atoms with van der Waals surface area (Å²) in [6.45, 7) is 4.30. The van der Waals surface area contributed by atoms with Gasteiger partial charge in [0.1, 0.15) is 11.3 Å². The summed E-state index contributed by atoms with van der Waals surface area (Å²) in [5, 5.41) is 9.37. The second-order valence-electron chi connectivity index (χ2n) is 7.61. The summed E-state index contributed by atoms with van der Waals surface area (Å²) in [7, 11) is 1.51. The molecule has 4 nitrogen and oxygen atoms in total. The number of hydrogen-bond donors (Lipinski definition) is 1. The van der Waals surface area contributed by atoms with Gasteiger partial charge in [-0.3, -0.25) is 4.99 Å². The maximum absolute atomic E-state index is 11.4. The maximum Gasteiger partial charge on any atom is 0.339 e. The Labute approximate surface area is 173 Å². The van der Waals surface area contributed by atoms with Crippen LogP contribution < -0.4 is 4.74 Å². The molecule has 1 heterocycles. The highest BCUT2D eigenvalue weighted by Crippen LogP contribution is 2.34. The fourth-order valence-corrected chi connectivity index (χ4v) is 3.88. The molecule has 2 aromatic rings. The Balaban J connectivity index is 2.04. The van der Waals surface area contributed by atoms with Crippen LogP contribution in [-0.2, 0) is 6.42 Å². The van der Waals surface area contributed by atoms with Crippen LogP contribution in [0.5, 0.6) is 5.75 Å². The van der Waals surface area contributed by atoms with Crippen LogP contribution in [0.2, 0.25) is 0 Å². The number of carboxylic acid groups (broad SMARTS) is 1. The van der Waals surface area contributed by atoms with Gasteiger partial charge in [-0.15, -0.1) is 0 Å². The number of rotatable bonds is 6. The van der Waals surface area contributed by atoms with E-state index in [9.17, 15) is 9.90 Å². The van der Waals surface area contributed by atoms with Crippen molar-refractivity contribution in [3.63, 3.8) is 0 Å². The van der Waals surface area contributed by atoms with E-state index in [1.165, 1.54) is 36.6 Å². The lowest BCUT2D eigenvalue weighted by molar-refractivity contribution is 0.0693. The van der Waals surface area contributed by atoms with Gasteiger partial charge in [-0.05, 0) is 80.3 Å². The summed E-state index contributed by atoms with van der Waals surface area (Å²) >= 11 is 0. The largest absolute Gasteiger partial charge is 0.496 e. The van der Waals surface area contributed by atoms with Crippen LogP contribution in [0.1, 0.15) is 64.2 Å². The van der Waals surface area contributed by atoms with E-state index >= 15 is 0 Å². The predicted molar refractivity (Wildman–Crippen MR) is 117 cm³/mol. The third-order valence-corrected chi connectivity index (χ3v) is 5.70. The molecule has 0 aliphatic carbocycles. The molecule has 0 saturated heterocycles. The molecular weight excluding hydrogens is 362 g/mol. The Morgan fingerprint density at radius 1 is 1.17 bits per heavy atom. The summed E-state index contributed by atoms with van der Waals surface area (Å²) < 4.78 is 5.33. The normalized spacial score (nSPS) is 17.0. The minimum atomic E-state index is -0.980. The van der Waals surface area contributed by atoms with E-state index < -0.39 is 5.97 Å². The maximum atomic E-state index is 11.4. The number of benzene rings is 2. The van der Waals surface area contributed by atoms with Gasteiger partial charge in [0, 0.05) is 17.8 Å². The Hall–Kier alpha value is -2.88. The lowest BCUT2D eigenvalue weighted by Gasteiger charge is -2.23.